The fraction of sp³-hybridized carbons (Fsp3) is 0.394. The number of aryl methyl sites for hydroxylation is 6. The van der Waals surface area contributed by atoms with E-state index in [2.05, 4.69) is 82.3 Å². The van der Waals surface area contributed by atoms with E-state index in [-0.39, 0.29) is 11.0 Å². The normalized spacial score (nSPS) is 13.8. The third-order valence-corrected chi connectivity index (χ3v) is 10.7. The first kappa shape index (κ1) is 35.5. The van der Waals surface area contributed by atoms with Gasteiger partial charge in [0.2, 0.25) is 0 Å². The van der Waals surface area contributed by atoms with E-state index in [1.165, 1.54) is 64.9 Å². The molecule has 1 saturated heterocycles. The second kappa shape index (κ2) is 14.9. The summed E-state index contributed by atoms with van der Waals surface area (Å²) in [5, 5.41) is 0. The van der Waals surface area contributed by atoms with E-state index in [4.69, 9.17) is 24.1 Å². The van der Waals surface area contributed by atoms with Crippen molar-refractivity contribution in [2.45, 2.75) is 66.4 Å². The van der Waals surface area contributed by atoms with Gasteiger partial charge in [-0.3, -0.25) is 0 Å². The van der Waals surface area contributed by atoms with Crippen LogP contribution in [0.4, 0.5) is 11.4 Å². The zero-order chi connectivity index (χ0) is 32.2. The number of ether oxygens (including phenoxy) is 1. The summed E-state index contributed by atoms with van der Waals surface area (Å²) in [6.07, 6.45) is -0.0234. The van der Waals surface area contributed by atoms with Crippen LogP contribution in [0.1, 0.15) is 52.8 Å². The van der Waals surface area contributed by atoms with Crippen LogP contribution in [0.2, 0.25) is 0 Å². The van der Waals surface area contributed by atoms with Crippen LogP contribution in [-0.4, -0.2) is 50.6 Å². The molecule has 1 fully saturated rings. The van der Waals surface area contributed by atoms with Gasteiger partial charge in [-0.1, -0.05) is 35.4 Å². The molecule has 1 aliphatic rings. The Morgan fingerprint density at radius 2 is 1.28 bits per heavy atom. The number of sulfonamides is 1. The third-order valence-electron chi connectivity index (χ3n) is 7.02. The van der Waals surface area contributed by atoms with Crippen LogP contribution in [0.5, 0.6) is 5.75 Å². The van der Waals surface area contributed by atoms with Crippen molar-refractivity contribution in [2.24, 2.45) is 0 Å². The number of rotatable bonds is 7. The number of hydrogen-bond acceptors (Lipinski definition) is 5. The average Bonchev–Trinajstić information content (AvgIpc) is 3.32. The standard InChI is InChI=1S/C21H27N2.C12H17NO3S.2ClH.Ru/c1-14-9-16(3)20(17(4)10-14)22-7-8-23(13-22)21-18(5)11-15(2)12-19(21)6;1-9(2)16-12-7-6-11(8-10(12)3)17(14,15)13(4)5;;;/h9-13H,7-8H2,1-6H3;3,6-9H,1-2,4-5H3;2*1H;/q-1;;;;+2/p-2. The largest absolute Gasteiger partial charge is 0.502 e. The van der Waals surface area contributed by atoms with Crippen LogP contribution < -0.4 is 14.5 Å². The van der Waals surface area contributed by atoms with Crippen molar-refractivity contribution in [1.82, 2.24) is 4.31 Å². The van der Waals surface area contributed by atoms with Crippen LogP contribution in [0.15, 0.2) is 47.4 Å². The molecular formula is C33H44Cl2N3O3RuS-. The van der Waals surface area contributed by atoms with Gasteiger partial charge in [-0.25, -0.2) is 0 Å². The molecular weight excluding hydrogens is 690 g/mol. The Morgan fingerprint density at radius 3 is 1.65 bits per heavy atom. The first-order valence-electron chi connectivity index (χ1n) is 14.1. The minimum atomic E-state index is -3.49. The molecule has 0 unspecified atom stereocenters. The van der Waals surface area contributed by atoms with Crippen LogP contribution in [0.3, 0.4) is 0 Å². The topological polar surface area (TPSA) is 53.1 Å². The maximum absolute atomic E-state index is 12.1. The number of halogens is 2. The van der Waals surface area contributed by atoms with E-state index in [0.717, 1.165) is 17.4 Å². The molecule has 0 aromatic heterocycles. The molecule has 0 atom stereocenters. The van der Waals surface area contributed by atoms with Crippen LogP contribution >= 0.6 is 19.4 Å². The van der Waals surface area contributed by atoms with E-state index >= 15 is 0 Å². The molecule has 43 heavy (non-hydrogen) atoms. The summed E-state index contributed by atoms with van der Waals surface area (Å²) in [5.41, 5.74) is 11.5. The monoisotopic (exact) mass is 734 g/mol. The Balaban J connectivity index is 0.000000238. The summed E-state index contributed by atoms with van der Waals surface area (Å²) in [6.45, 7) is 21.4. The molecule has 3 aromatic carbocycles. The minimum absolute atomic E-state index is 0.0234. The molecule has 1 heterocycles. The Bertz CT molecular complexity index is 1490. The maximum Gasteiger partial charge on any atom is 0.0146 e. The molecule has 4 rings (SSSR count). The summed E-state index contributed by atoms with van der Waals surface area (Å²) in [5.74, 6) is 0.581. The Labute approximate surface area is 272 Å². The molecule has 0 aliphatic carbocycles. The molecule has 0 saturated carbocycles. The van der Waals surface area contributed by atoms with Crippen molar-refractivity contribution >= 4 is 45.4 Å². The summed E-state index contributed by atoms with van der Waals surface area (Å²) in [6, 6.07) is 13.8. The van der Waals surface area contributed by atoms with Gasteiger partial charge in [0.25, 0.3) is 0 Å². The van der Waals surface area contributed by atoms with Crippen molar-refractivity contribution in [3.05, 3.63) is 88.1 Å². The van der Waals surface area contributed by atoms with Crippen LogP contribution in [-0.2, 0) is 23.5 Å². The molecule has 238 valence electrons. The van der Waals surface area contributed by atoms with Crippen LogP contribution in [0, 0.1) is 48.2 Å². The third kappa shape index (κ3) is 9.05. The average molecular weight is 735 g/mol. The second-order valence-corrected chi connectivity index (χ2v) is 19.3. The van der Waals surface area contributed by atoms with Crippen molar-refractivity contribution in [3.63, 3.8) is 0 Å². The van der Waals surface area contributed by atoms with Crippen molar-refractivity contribution < 1.29 is 26.7 Å². The van der Waals surface area contributed by atoms with Gasteiger partial charge in [-0.15, -0.1) is 0 Å². The zero-order valence-electron chi connectivity index (χ0n) is 26.8. The van der Waals surface area contributed by atoms with Crippen molar-refractivity contribution in [3.8, 4) is 5.75 Å². The first-order valence-corrected chi connectivity index (χ1v) is 21.0. The second-order valence-electron chi connectivity index (χ2n) is 11.5. The molecule has 0 N–H and O–H groups in total. The Morgan fingerprint density at radius 1 is 0.837 bits per heavy atom. The molecule has 3 aromatic rings. The quantitative estimate of drug-likeness (QED) is 0.184. The van der Waals surface area contributed by atoms with E-state index < -0.39 is 23.5 Å². The fourth-order valence-corrected chi connectivity index (χ4v) is 8.23. The van der Waals surface area contributed by atoms with Gasteiger partial charge in [0.1, 0.15) is 0 Å². The van der Waals surface area contributed by atoms with Gasteiger partial charge >= 0.3 is 133 Å². The van der Waals surface area contributed by atoms with Crippen molar-refractivity contribution in [2.75, 3.05) is 37.0 Å². The molecule has 10 heteroatoms. The van der Waals surface area contributed by atoms with Gasteiger partial charge in [0.15, 0.2) is 0 Å². The van der Waals surface area contributed by atoms with Crippen LogP contribution in [0.25, 0.3) is 0 Å². The number of hydrogen-bond donors (Lipinski definition) is 0. The van der Waals surface area contributed by atoms with Gasteiger partial charge in [-0.05, 0) is 63.8 Å². The fourth-order valence-electron chi connectivity index (χ4n) is 5.51. The van der Waals surface area contributed by atoms with E-state index in [9.17, 15) is 8.42 Å². The molecule has 0 amide bonds. The van der Waals surface area contributed by atoms with E-state index in [1.807, 2.05) is 13.8 Å². The SMILES string of the molecule is CC(C)Oc1ccc(S(=O)(=O)N(C)C)cc1[CH]=[Ru]([Cl])[Cl].Cc1cc(C)c(N2[CH-]N(c3c(C)cc(C)cc3C)CC2)c(C)c1. The smallest absolute Gasteiger partial charge is 0.0146 e. The first-order chi connectivity index (χ1) is 20.0. The Kier molecular flexibility index (Phi) is 12.3. The number of benzene rings is 3. The molecule has 6 nitrogen and oxygen atoms in total. The summed E-state index contributed by atoms with van der Waals surface area (Å²) in [7, 11) is 11.3. The predicted octanol–water partition coefficient (Wildman–Crippen LogP) is 7.78. The molecule has 0 spiro atoms. The van der Waals surface area contributed by atoms with Gasteiger partial charge < -0.3 is 9.80 Å². The summed E-state index contributed by atoms with van der Waals surface area (Å²) in [4.78, 5) is 5.00. The minimum Gasteiger partial charge on any atom is -0.502 e. The van der Waals surface area contributed by atoms with Gasteiger partial charge in [0, 0.05) is 24.5 Å². The van der Waals surface area contributed by atoms with E-state index in [0.29, 0.717) is 11.3 Å². The Hall–Kier alpha value is -1.96. The zero-order valence-corrected chi connectivity index (χ0v) is 30.8. The summed E-state index contributed by atoms with van der Waals surface area (Å²) >= 11 is -2.08. The van der Waals surface area contributed by atoms with Gasteiger partial charge in [-0.2, -0.15) is 6.67 Å². The van der Waals surface area contributed by atoms with E-state index in [1.54, 1.807) is 16.7 Å². The molecule has 0 bridgehead atoms. The predicted molar refractivity (Wildman–Crippen MR) is 180 cm³/mol. The van der Waals surface area contributed by atoms with Crippen molar-refractivity contribution in [1.29, 1.82) is 0 Å². The number of nitrogens with zero attached hydrogens (tertiary/aromatic N) is 3. The number of anilines is 2. The molecule has 0 radical (unpaired) electrons. The molecule has 1 aliphatic heterocycles. The maximum atomic E-state index is 12.1. The summed E-state index contributed by atoms with van der Waals surface area (Å²) < 4.78 is 32.7. The van der Waals surface area contributed by atoms with Gasteiger partial charge in [0.05, 0.1) is 0 Å².